The van der Waals surface area contributed by atoms with E-state index >= 15 is 0 Å². The molecule has 0 saturated carbocycles. The number of aliphatic hydroxyl groups is 1. The van der Waals surface area contributed by atoms with E-state index in [2.05, 4.69) is 25.9 Å². The second kappa shape index (κ2) is 11.3. The predicted molar refractivity (Wildman–Crippen MR) is 133 cm³/mol. The standard InChI is InChI=1S/C24H30N6O4S/c31-14-4-7-26-20-16-21(29-17-18-5-2-1-3-6-18)22(35(33,34)24-27-8-9-28-24)15-19(20)23(32)30-12-10-25-11-13-30/h1-3,5-6,8-9,15-16,25-26,29,31H,4,7,10-14,17H2,(H,27,28). The number of aliphatic hydroxyl groups excluding tert-OH is 1. The van der Waals surface area contributed by atoms with Crippen molar-refractivity contribution in [3.05, 3.63) is 66.0 Å². The van der Waals surface area contributed by atoms with Gasteiger partial charge >= 0.3 is 0 Å². The number of aromatic nitrogens is 2. The van der Waals surface area contributed by atoms with Crippen LogP contribution in [0.5, 0.6) is 0 Å². The van der Waals surface area contributed by atoms with Crippen molar-refractivity contribution in [2.24, 2.45) is 0 Å². The molecule has 0 aliphatic carbocycles. The molecular weight excluding hydrogens is 468 g/mol. The number of piperazine rings is 1. The fourth-order valence-electron chi connectivity index (χ4n) is 3.90. The Morgan fingerprint density at radius 3 is 2.54 bits per heavy atom. The first-order chi connectivity index (χ1) is 17.0. The lowest BCUT2D eigenvalue weighted by Crippen LogP contribution is -2.46. The van der Waals surface area contributed by atoms with Crippen LogP contribution in [-0.2, 0) is 16.4 Å². The lowest BCUT2D eigenvalue weighted by molar-refractivity contribution is 0.0736. The molecule has 0 atom stereocenters. The molecule has 1 aromatic heterocycles. The number of benzene rings is 2. The summed E-state index contributed by atoms with van der Waals surface area (Å²) in [6.07, 6.45) is 3.31. The van der Waals surface area contributed by atoms with E-state index in [9.17, 15) is 18.3 Å². The number of aromatic amines is 1. The molecule has 3 aromatic rings. The predicted octanol–water partition coefficient (Wildman–Crippen LogP) is 1.69. The van der Waals surface area contributed by atoms with Crippen molar-refractivity contribution in [3.63, 3.8) is 0 Å². The normalized spacial score (nSPS) is 14.0. The van der Waals surface area contributed by atoms with Crippen LogP contribution in [0.3, 0.4) is 0 Å². The molecule has 2 heterocycles. The average molecular weight is 499 g/mol. The largest absolute Gasteiger partial charge is 0.396 e. The van der Waals surface area contributed by atoms with E-state index in [0.717, 1.165) is 5.56 Å². The zero-order chi connectivity index (χ0) is 24.7. The zero-order valence-corrected chi connectivity index (χ0v) is 20.1. The van der Waals surface area contributed by atoms with Crippen molar-refractivity contribution in [2.45, 2.75) is 23.0 Å². The minimum atomic E-state index is -4.04. The van der Waals surface area contributed by atoms with Crippen molar-refractivity contribution >= 4 is 27.1 Å². The summed E-state index contributed by atoms with van der Waals surface area (Å²) in [6, 6.07) is 12.7. The topological polar surface area (TPSA) is 139 Å². The third kappa shape index (κ3) is 5.81. The molecule has 35 heavy (non-hydrogen) atoms. The van der Waals surface area contributed by atoms with Gasteiger partial charge in [0.05, 0.1) is 16.1 Å². The maximum atomic E-state index is 13.5. The van der Waals surface area contributed by atoms with Crippen molar-refractivity contribution in [2.75, 3.05) is 50.0 Å². The maximum Gasteiger partial charge on any atom is 0.256 e. The number of hydrogen-bond acceptors (Lipinski definition) is 8. The smallest absolute Gasteiger partial charge is 0.256 e. The Kier molecular flexibility index (Phi) is 8.01. The van der Waals surface area contributed by atoms with E-state index in [0.29, 0.717) is 57.1 Å². The van der Waals surface area contributed by atoms with Crippen molar-refractivity contribution in [1.82, 2.24) is 20.2 Å². The zero-order valence-electron chi connectivity index (χ0n) is 19.3. The summed E-state index contributed by atoms with van der Waals surface area (Å²) in [5.41, 5.74) is 2.11. The minimum Gasteiger partial charge on any atom is -0.396 e. The summed E-state index contributed by atoms with van der Waals surface area (Å²) >= 11 is 0. The van der Waals surface area contributed by atoms with Crippen LogP contribution in [0.25, 0.3) is 0 Å². The van der Waals surface area contributed by atoms with E-state index in [1.54, 1.807) is 11.0 Å². The minimum absolute atomic E-state index is 0.00184. The van der Waals surface area contributed by atoms with Crippen molar-refractivity contribution < 1.29 is 18.3 Å². The van der Waals surface area contributed by atoms with Gasteiger partial charge < -0.3 is 30.9 Å². The number of carbonyl (C=O) groups is 1. The lowest BCUT2D eigenvalue weighted by atomic mass is 10.1. The number of nitrogens with zero attached hydrogens (tertiary/aromatic N) is 2. The van der Waals surface area contributed by atoms with E-state index in [1.165, 1.54) is 18.5 Å². The van der Waals surface area contributed by atoms with Gasteiger partial charge in [-0.3, -0.25) is 4.79 Å². The highest BCUT2D eigenvalue weighted by Crippen LogP contribution is 2.33. The molecular formula is C24H30N6O4S. The monoisotopic (exact) mass is 498 g/mol. The number of rotatable bonds is 10. The molecule has 2 aromatic carbocycles. The SMILES string of the molecule is O=C(c1cc(S(=O)(=O)c2ncc[nH]2)c(NCc2ccccc2)cc1NCCCO)N1CCNCC1. The molecule has 0 radical (unpaired) electrons. The molecule has 10 nitrogen and oxygen atoms in total. The van der Waals surface area contributed by atoms with Gasteiger partial charge in [0.2, 0.25) is 15.0 Å². The van der Waals surface area contributed by atoms with Crippen LogP contribution in [0, 0.1) is 0 Å². The van der Waals surface area contributed by atoms with E-state index in [4.69, 9.17) is 0 Å². The molecule has 1 aliphatic rings. The fraction of sp³-hybridized carbons (Fsp3) is 0.333. The summed E-state index contributed by atoms with van der Waals surface area (Å²) in [7, 11) is -4.04. The molecule has 11 heteroatoms. The Balaban J connectivity index is 1.79. The molecule has 1 amide bonds. The molecule has 186 valence electrons. The number of sulfone groups is 1. The summed E-state index contributed by atoms with van der Waals surface area (Å²) in [4.78, 5) is 21.8. The number of amides is 1. The number of nitrogens with one attached hydrogen (secondary N) is 4. The Bertz CT molecular complexity index is 1230. The molecule has 0 unspecified atom stereocenters. The van der Waals surface area contributed by atoms with Gasteiger partial charge in [0, 0.05) is 64.0 Å². The number of anilines is 2. The molecule has 4 rings (SSSR count). The molecule has 0 spiro atoms. The fourth-order valence-corrected chi connectivity index (χ4v) is 5.22. The molecule has 0 bridgehead atoms. The van der Waals surface area contributed by atoms with E-state index in [1.807, 2.05) is 30.3 Å². The van der Waals surface area contributed by atoms with Gasteiger partial charge in [-0.25, -0.2) is 13.4 Å². The highest BCUT2D eigenvalue weighted by molar-refractivity contribution is 7.91. The first-order valence-electron chi connectivity index (χ1n) is 11.6. The van der Waals surface area contributed by atoms with Gasteiger partial charge in [-0.2, -0.15) is 0 Å². The van der Waals surface area contributed by atoms with Crippen LogP contribution in [0.2, 0.25) is 0 Å². The van der Waals surface area contributed by atoms with Gasteiger partial charge in [0.1, 0.15) is 0 Å². The van der Waals surface area contributed by atoms with Crippen LogP contribution >= 0.6 is 0 Å². The molecule has 1 aliphatic heterocycles. The summed E-state index contributed by atoms with van der Waals surface area (Å²) in [5, 5.41) is 18.7. The third-order valence-corrected chi connectivity index (χ3v) is 7.40. The number of carbonyl (C=O) groups excluding carboxylic acids is 1. The van der Waals surface area contributed by atoms with E-state index < -0.39 is 9.84 Å². The van der Waals surface area contributed by atoms with Gasteiger partial charge in [-0.05, 0) is 24.1 Å². The number of imidazole rings is 1. The highest BCUT2D eigenvalue weighted by Gasteiger charge is 2.29. The quantitative estimate of drug-likeness (QED) is 0.266. The summed E-state index contributed by atoms with van der Waals surface area (Å²) < 4.78 is 27.1. The van der Waals surface area contributed by atoms with Crippen LogP contribution in [-0.4, -0.2) is 73.6 Å². The molecule has 1 saturated heterocycles. The third-order valence-electron chi connectivity index (χ3n) is 5.75. The Morgan fingerprint density at radius 2 is 1.86 bits per heavy atom. The summed E-state index contributed by atoms with van der Waals surface area (Å²) in [6.45, 7) is 3.23. The first-order valence-corrected chi connectivity index (χ1v) is 13.0. The molecule has 1 fully saturated rings. The van der Waals surface area contributed by atoms with Gasteiger partial charge in [0.15, 0.2) is 0 Å². The van der Waals surface area contributed by atoms with Crippen LogP contribution in [0.4, 0.5) is 11.4 Å². The Labute approximate surface area is 204 Å². The summed E-state index contributed by atoms with van der Waals surface area (Å²) in [5.74, 6) is -0.247. The first kappa shape index (κ1) is 24.7. The average Bonchev–Trinajstić information content (AvgIpc) is 3.44. The van der Waals surface area contributed by atoms with Crippen molar-refractivity contribution in [3.8, 4) is 0 Å². The van der Waals surface area contributed by atoms with Crippen molar-refractivity contribution in [1.29, 1.82) is 0 Å². The second-order valence-electron chi connectivity index (χ2n) is 8.18. The van der Waals surface area contributed by atoms with Gasteiger partial charge in [-0.15, -0.1) is 0 Å². The number of H-pyrrole nitrogens is 1. The Hall–Kier alpha value is -3.41. The van der Waals surface area contributed by atoms with Crippen LogP contribution < -0.4 is 16.0 Å². The lowest BCUT2D eigenvalue weighted by Gasteiger charge is -2.29. The maximum absolute atomic E-state index is 13.5. The van der Waals surface area contributed by atoms with Gasteiger partial charge in [0.25, 0.3) is 5.91 Å². The van der Waals surface area contributed by atoms with Crippen LogP contribution in [0.1, 0.15) is 22.3 Å². The molecule has 5 N–H and O–H groups in total. The highest BCUT2D eigenvalue weighted by atomic mass is 32.2. The second-order valence-corrected chi connectivity index (χ2v) is 10.0. The van der Waals surface area contributed by atoms with E-state index in [-0.39, 0.29) is 28.1 Å². The van der Waals surface area contributed by atoms with Crippen LogP contribution in [0.15, 0.2) is 64.9 Å². The Morgan fingerprint density at radius 1 is 1.09 bits per heavy atom. The number of hydrogen-bond donors (Lipinski definition) is 5. The van der Waals surface area contributed by atoms with Gasteiger partial charge in [-0.1, -0.05) is 30.3 Å².